The van der Waals surface area contributed by atoms with Gasteiger partial charge in [-0.2, -0.15) is 13.2 Å². The van der Waals surface area contributed by atoms with E-state index in [4.69, 9.17) is 23.2 Å². The molecule has 0 aliphatic heterocycles. The van der Waals surface area contributed by atoms with Crippen LogP contribution in [0.25, 0.3) is 0 Å². The SMILES string of the molecule is C[C@H](NS(=O)(=O)c1ccccc1C(F)(F)F)c1ccc(Cl)cc1Cl. The van der Waals surface area contributed by atoms with Crippen LogP contribution in [0.2, 0.25) is 10.0 Å². The van der Waals surface area contributed by atoms with Crippen molar-refractivity contribution in [2.45, 2.75) is 24.0 Å². The van der Waals surface area contributed by atoms with E-state index in [0.29, 0.717) is 16.7 Å². The van der Waals surface area contributed by atoms with Gasteiger partial charge in [0.1, 0.15) is 0 Å². The molecule has 0 fully saturated rings. The van der Waals surface area contributed by atoms with Gasteiger partial charge in [-0.25, -0.2) is 13.1 Å². The van der Waals surface area contributed by atoms with E-state index >= 15 is 0 Å². The lowest BCUT2D eigenvalue weighted by atomic mass is 10.1. The lowest BCUT2D eigenvalue weighted by Crippen LogP contribution is -2.29. The number of sulfonamides is 1. The monoisotopic (exact) mass is 397 g/mol. The molecular weight excluding hydrogens is 386 g/mol. The van der Waals surface area contributed by atoms with Gasteiger partial charge >= 0.3 is 6.18 Å². The van der Waals surface area contributed by atoms with Gasteiger partial charge in [0, 0.05) is 16.1 Å². The Kier molecular flexibility index (Phi) is 5.49. The summed E-state index contributed by atoms with van der Waals surface area (Å²) in [7, 11) is -4.41. The van der Waals surface area contributed by atoms with Gasteiger partial charge in [0.15, 0.2) is 0 Å². The number of benzene rings is 2. The topological polar surface area (TPSA) is 46.2 Å². The Hall–Kier alpha value is -1.28. The van der Waals surface area contributed by atoms with Crippen LogP contribution in [0.4, 0.5) is 13.2 Å². The standard InChI is InChI=1S/C15H12Cl2F3NO2S/c1-9(11-7-6-10(16)8-13(11)17)21-24(22,23)14-5-3-2-4-12(14)15(18,19)20/h2-9,21H,1H3/t9-/m0/s1. The molecule has 9 heteroatoms. The van der Waals surface area contributed by atoms with Crippen molar-refractivity contribution in [3.63, 3.8) is 0 Å². The highest BCUT2D eigenvalue weighted by Gasteiger charge is 2.37. The fourth-order valence-corrected chi connectivity index (χ4v) is 4.17. The van der Waals surface area contributed by atoms with Gasteiger partial charge < -0.3 is 0 Å². The van der Waals surface area contributed by atoms with E-state index in [1.54, 1.807) is 0 Å². The average Bonchev–Trinajstić information content (AvgIpc) is 2.45. The summed E-state index contributed by atoms with van der Waals surface area (Å²) >= 11 is 11.8. The van der Waals surface area contributed by atoms with E-state index in [9.17, 15) is 21.6 Å². The van der Waals surface area contributed by atoms with Crippen molar-refractivity contribution in [3.8, 4) is 0 Å². The van der Waals surface area contributed by atoms with Crippen molar-refractivity contribution in [2.24, 2.45) is 0 Å². The van der Waals surface area contributed by atoms with Crippen molar-refractivity contribution in [3.05, 3.63) is 63.6 Å². The van der Waals surface area contributed by atoms with Crippen LogP contribution in [0.3, 0.4) is 0 Å². The number of nitrogens with one attached hydrogen (secondary N) is 1. The molecule has 0 unspecified atom stereocenters. The van der Waals surface area contributed by atoms with Gasteiger partial charge in [-0.05, 0) is 36.8 Å². The Balaban J connectivity index is 2.39. The number of alkyl halides is 3. The minimum absolute atomic E-state index is 0.210. The molecule has 0 aromatic heterocycles. The predicted molar refractivity (Wildman–Crippen MR) is 86.6 cm³/mol. The summed E-state index contributed by atoms with van der Waals surface area (Å²) in [6, 6.07) is 7.57. The van der Waals surface area contributed by atoms with Gasteiger partial charge in [-0.1, -0.05) is 41.4 Å². The van der Waals surface area contributed by atoms with Crippen LogP contribution in [0.5, 0.6) is 0 Å². The Morgan fingerprint density at radius 2 is 1.71 bits per heavy atom. The zero-order valence-corrected chi connectivity index (χ0v) is 14.6. The van der Waals surface area contributed by atoms with Gasteiger partial charge in [-0.3, -0.25) is 0 Å². The fourth-order valence-electron chi connectivity index (χ4n) is 2.15. The van der Waals surface area contributed by atoms with Crippen LogP contribution in [0.1, 0.15) is 24.1 Å². The summed E-state index contributed by atoms with van der Waals surface area (Å²) in [5.74, 6) is 0. The van der Waals surface area contributed by atoms with Crippen LogP contribution in [0, 0.1) is 0 Å². The van der Waals surface area contributed by atoms with E-state index in [-0.39, 0.29) is 5.02 Å². The maximum Gasteiger partial charge on any atom is 0.417 e. The summed E-state index contributed by atoms with van der Waals surface area (Å²) in [6.07, 6.45) is -4.79. The second kappa shape index (κ2) is 6.92. The largest absolute Gasteiger partial charge is 0.417 e. The highest BCUT2D eigenvalue weighted by molar-refractivity contribution is 7.89. The molecule has 3 nitrogen and oxygen atoms in total. The van der Waals surface area contributed by atoms with Crippen LogP contribution in [0.15, 0.2) is 47.4 Å². The molecular formula is C15H12Cl2F3NO2S. The first-order chi connectivity index (χ1) is 11.0. The van der Waals surface area contributed by atoms with E-state index in [1.807, 2.05) is 0 Å². The molecule has 0 spiro atoms. The van der Waals surface area contributed by atoms with Crippen molar-refractivity contribution >= 4 is 33.2 Å². The van der Waals surface area contributed by atoms with Crippen molar-refractivity contribution in [2.75, 3.05) is 0 Å². The smallest absolute Gasteiger partial charge is 0.207 e. The number of halogens is 5. The summed E-state index contributed by atoms with van der Waals surface area (Å²) in [6.45, 7) is 1.48. The maximum absolute atomic E-state index is 13.0. The normalized spacial score (nSPS) is 13.8. The first-order valence-corrected chi connectivity index (χ1v) is 8.90. The van der Waals surface area contributed by atoms with E-state index < -0.39 is 32.7 Å². The molecule has 0 amide bonds. The Bertz CT molecular complexity index is 854. The molecule has 0 bridgehead atoms. The molecule has 2 aromatic carbocycles. The summed E-state index contributed by atoms with van der Waals surface area (Å²) in [5.41, 5.74) is -0.832. The molecule has 2 rings (SSSR count). The predicted octanol–water partition coefficient (Wildman–Crippen LogP) is 5.05. The second-order valence-corrected chi connectivity index (χ2v) is 7.53. The molecule has 0 aliphatic carbocycles. The second-order valence-electron chi connectivity index (χ2n) is 5.00. The minimum atomic E-state index is -4.79. The third-order valence-electron chi connectivity index (χ3n) is 3.24. The third kappa shape index (κ3) is 4.22. The van der Waals surface area contributed by atoms with Gasteiger partial charge in [0.25, 0.3) is 0 Å². The highest BCUT2D eigenvalue weighted by atomic mass is 35.5. The zero-order chi connectivity index (χ0) is 18.1. The molecule has 1 atom stereocenters. The van der Waals surface area contributed by atoms with Crippen LogP contribution >= 0.6 is 23.2 Å². The molecule has 2 aromatic rings. The Labute approximate surface area is 147 Å². The molecule has 0 radical (unpaired) electrons. The van der Waals surface area contributed by atoms with E-state index in [1.165, 1.54) is 31.2 Å². The van der Waals surface area contributed by atoms with E-state index in [2.05, 4.69) is 4.72 Å². The van der Waals surface area contributed by atoms with Crippen LogP contribution in [-0.2, 0) is 16.2 Å². The molecule has 24 heavy (non-hydrogen) atoms. The average molecular weight is 398 g/mol. The molecule has 0 saturated carbocycles. The number of hydrogen-bond acceptors (Lipinski definition) is 2. The Morgan fingerprint density at radius 1 is 1.08 bits per heavy atom. The van der Waals surface area contributed by atoms with Crippen LogP contribution < -0.4 is 4.72 Å². The fraction of sp³-hybridized carbons (Fsp3) is 0.200. The summed E-state index contributed by atoms with van der Waals surface area (Å²) < 4.78 is 66.0. The van der Waals surface area contributed by atoms with Crippen molar-refractivity contribution in [1.29, 1.82) is 0 Å². The van der Waals surface area contributed by atoms with Gasteiger partial charge in [0.05, 0.1) is 10.5 Å². The van der Waals surface area contributed by atoms with Gasteiger partial charge in [-0.15, -0.1) is 0 Å². The maximum atomic E-state index is 13.0. The highest BCUT2D eigenvalue weighted by Crippen LogP contribution is 2.35. The van der Waals surface area contributed by atoms with Crippen molar-refractivity contribution < 1.29 is 21.6 Å². The molecule has 0 saturated heterocycles. The zero-order valence-electron chi connectivity index (χ0n) is 12.2. The minimum Gasteiger partial charge on any atom is -0.207 e. The number of rotatable bonds is 4. The lowest BCUT2D eigenvalue weighted by molar-refractivity contribution is -0.139. The quantitative estimate of drug-likeness (QED) is 0.784. The molecule has 1 N–H and O–H groups in total. The van der Waals surface area contributed by atoms with E-state index in [0.717, 1.165) is 12.1 Å². The first-order valence-electron chi connectivity index (χ1n) is 6.66. The third-order valence-corrected chi connectivity index (χ3v) is 5.40. The number of hydrogen-bond donors (Lipinski definition) is 1. The molecule has 0 aliphatic rings. The van der Waals surface area contributed by atoms with Gasteiger partial charge in [0.2, 0.25) is 10.0 Å². The summed E-state index contributed by atoms with van der Waals surface area (Å²) in [4.78, 5) is -0.838. The molecule has 0 heterocycles. The molecule has 130 valence electrons. The van der Waals surface area contributed by atoms with Crippen LogP contribution in [-0.4, -0.2) is 8.42 Å². The van der Waals surface area contributed by atoms with Crippen molar-refractivity contribution in [1.82, 2.24) is 4.72 Å². The first kappa shape index (κ1) is 19.1. The summed E-state index contributed by atoms with van der Waals surface area (Å²) in [5, 5.41) is 0.572. The Morgan fingerprint density at radius 3 is 2.29 bits per heavy atom. The lowest BCUT2D eigenvalue weighted by Gasteiger charge is -2.18.